The normalized spacial score (nSPS) is 27.4. The molecule has 0 aliphatic carbocycles. The summed E-state index contributed by atoms with van der Waals surface area (Å²) in [6.07, 6.45) is 0. The molecular weight excluding hydrogens is 360 g/mol. The van der Waals surface area contributed by atoms with E-state index in [0.29, 0.717) is 11.5 Å². The third-order valence-electron chi connectivity index (χ3n) is 1.71. The quantitative estimate of drug-likeness (QED) is 0.553. The molecule has 2 unspecified atom stereocenters. The summed E-state index contributed by atoms with van der Waals surface area (Å²) in [4.78, 5) is 0. The van der Waals surface area contributed by atoms with Gasteiger partial charge in [0, 0.05) is 22.0 Å². The molecule has 1 fully saturated rings. The Morgan fingerprint density at radius 2 is 1.17 bits per heavy atom. The fourth-order valence-electron chi connectivity index (χ4n) is 1.10. The predicted molar refractivity (Wildman–Crippen MR) is 80.5 cm³/mol. The van der Waals surface area contributed by atoms with Crippen LogP contribution in [-0.2, 0) is 20.2 Å². The highest BCUT2D eigenvalue weighted by atomic mass is 33.1. The van der Waals surface area contributed by atoms with E-state index in [4.69, 9.17) is 9.11 Å². The molecule has 0 saturated carbocycles. The minimum Gasteiger partial charge on any atom is -0.286 e. The topological polar surface area (TPSA) is 109 Å². The van der Waals surface area contributed by atoms with Crippen molar-refractivity contribution in [3.8, 4) is 0 Å². The van der Waals surface area contributed by atoms with Crippen LogP contribution < -0.4 is 0 Å². The summed E-state index contributed by atoms with van der Waals surface area (Å²) in [5, 5.41) is -0.455. The van der Waals surface area contributed by atoms with E-state index < -0.39 is 20.2 Å². The second-order valence-corrected chi connectivity index (χ2v) is 11.9. The molecule has 12 heteroatoms. The van der Waals surface area contributed by atoms with Crippen molar-refractivity contribution in [1.29, 1.82) is 0 Å². The summed E-state index contributed by atoms with van der Waals surface area (Å²) in [7, 11) is -2.62. The lowest BCUT2D eigenvalue weighted by molar-refractivity contribution is 0.480. The largest absolute Gasteiger partial charge is 0.286 e. The number of hydrogen-bond acceptors (Lipinski definition) is 8. The van der Waals surface area contributed by atoms with Crippen molar-refractivity contribution in [3.05, 3.63) is 0 Å². The molecule has 0 aromatic heterocycles. The molecule has 0 aromatic rings. The van der Waals surface area contributed by atoms with Gasteiger partial charge >= 0.3 is 0 Å². The van der Waals surface area contributed by atoms with Crippen LogP contribution in [0.25, 0.3) is 0 Å². The van der Waals surface area contributed by atoms with E-state index in [0.717, 1.165) is 0 Å². The van der Waals surface area contributed by atoms with Gasteiger partial charge in [0.15, 0.2) is 0 Å². The average molecular weight is 373 g/mol. The maximum Gasteiger partial charge on any atom is 0.266 e. The monoisotopic (exact) mass is 372 g/mol. The zero-order chi connectivity index (χ0) is 13.8. The first kappa shape index (κ1) is 17.3. The third-order valence-corrected chi connectivity index (χ3v) is 10.0. The molecule has 2 atom stereocenters. The van der Waals surface area contributed by atoms with Crippen LogP contribution in [-0.4, -0.2) is 59.5 Å². The van der Waals surface area contributed by atoms with Crippen LogP contribution in [0.3, 0.4) is 0 Å². The molecule has 0 aromatic carbocycles. The first-order valence-corrected chi connectivity index (χ1v) is 12.6. The van der Waals surface area contributed by atoms with Gasteiger partial charge in [-0.2, -0.15) is 16.8 Å². The molecule has 1 saturated heterocycles. The minimum absolute atomic E-state index is 0.228. The molecule has 0 spiro atoms. The van der Waals surface area contributed by atoms with E-state index in [-0.39, 0.29) is 22.0 Å². The van der Waals surface area contributed by atoms with Crippen molar-refractivity contribution in [2.45, 2.75) is 10.5 Å². The van der Waals surface area contributed by atoms with Crippen LogP contribution >= 0.6 is 43.2 Å². The smallest absolute Gasteiger partial charge is 0.266 e. The Morgan fingerprint density at radius 3 is 1.44 bits per heavy atom. The standard InChI is InChI=1S/C6H12O6S6/c7-17(8,9)3-5-1-13-16-6(2-14-15-5)4-18(10,11)12/h5-6H,1-4H2,(H,7,8,9)(H,10,11,12). The van der Waals surface area contributed by atoms with Gasteiger partial charge in [-0.1, -0.05) is 43.2 Å². The van der Waals surface area contributed by atoms with Crippen LogP contribution in [0.5, 0.6) is 0 Å². The molecule has 2 N–H and O–H groups in total. The van der Waals surface area contributed by atoms with Crippen LogP contribution in [0.15, 0.2) is 0 Å². The Kier molecular flexibility index (Phi) is 7.00. The molecule has 108 valence electrons. The van der Waals surface area contributed by atoms with Gasteiger partial charge in [0.25, 0.3) is 20.2 Å². The average Bonchev–Trinajstić information content (AvgIpc) is 2.08. The van der Waals surface area contributed by atoms with Crippen molar-refractivity contribution in [1.82, 2.24) is 0 Å². The number of hydrogen-bond donors (Lipinski definition) is 2. The van der Waals surface area contributed by atoms with E-state index in [2.05, 4.69) is 0 Å². The van der Waals surface area contributed by atoms with E-state index in [1.807, 2.05) is 0 Å². The predicted octanol–water partition coefficient (Wildman–Crippen LogP) is 1.28. The van der Waals surface area contributed by atoms with E-state index >= 15 is 0 Å². The maximum absolute atomic E-state index is 10.8. The van der Waals surface area contributed by atoms with Gasteiger partial charge in [-0.3, -0.25) is 9.11 Å². The van der Waals surface area contributed by atoms with Crippen LogP contribution in [0, 0.1) is 0 Å². The Hall–Kier alpha value is 1.22. The summed E-state index contributed by atoms with van der Waals surface area (Å²) in [5.41, 5.74) is 0. The zero-order valence-electron chi connectivity index (χ0n) is 8.96. The van der Waals surface area contributed by atoms with Gasteiger partial charge in [0.2, 0.25) is 0 Å². The van der Waals surface area contributed by atoms with Gasteiger partial charge in [-0.05, 0) is 0 Å². The lowest BCUT2D eigenvalue weighted by atomic mass is 10.5. The fourth-order valence-corrected chi connectivity index (χ4v) is 11.1. The highest BCUT2D eigenvalue weighted by Gasteiger charge is 2.25. The lowest BCUT2D eigenvalue weighted by Crippen LogP contribution is -2.23. The van der Waals surface area contributed by atoms with E-state index in [1.54, 1.807) is 0 Å². The molecule has 18 heavy (non-hydrogen) atoms. The molecule has 0 bridgehead atoms. The van der Waals surface area contributed by atoms with Crippen molar-refractivity contribution in [3.63, 3.8) is 0 Å². The molecular formula is C6H12O6S6. The second kappa shape index (κ2) is 7.29. The highest BCUT2D eigenvalue weighted by molar-refractivity contribution is 8.80. The zero-order valence-corrected chi connectivity index (χ0v) is 13.9. The third kappa shape index (κ3) is 8.40. The first-order valence-electron chi connectivity index (χ1n) is 4.62. The molecule has 1 rings (SSSR count). The van der Waals surface area contributed by atoms with Crippen molar-refractivity contribution >= 4 is 63.4 Å². The Labute approximate surface area is 122 Å². The number of rotatable bonds is 4. The van der Waals surface area contributed by atoms with Gasteiger partial charge in [-0.15, -0.1) is 0 Å². The molecule has 1 heterocycles. The van der Waals surface area contributed by atoms with Gasteiger partial charge in [-0.25, -0.2) is 0 Å². The van der Waals surface area contributed by atoms with Crippen molar-refractivity contribution < 1.29 is 25.9 Å². The Balaban J connectivity index is 2.45. The molecule has 0 amide bonds. The summed E-state index contributed by atoms with van der Waals surface area (Å²) >= 11 is 0. The summed E-state index contributed by atoms with van der Waals surface area (Å²) in [6.45, 7) is 0. The molecule has 1 aliphatic heterocycles. The molecule has 6 nitrogen and oxygen atoms in total. The van der Waals surface area contributed by atoms with Crippen LogP contribution in [0.1, 0.15) is 0 Å². The van der Waals surface area contributed by atoms with Crippen molar-refractivity contribution in [2.24, 2.45) is 0 Å². The molecule has 0 radical (unpaired) electrons. The Morgan fingerprint density at radius 1 is 0.833 bits per heavy atom. The van der Waals surface area contributed by atoms with Gasteiger partial charge in [0.1, 0.15) is 0 Å². The van der Waals surface area contributed by atoms with E-state index in [9.17, 15) is 16.8 Å². The van der Waals surface area contributed by atoms with Gasteiger partial charge < -0.3 is 0 Å². The summed E-state index contributed by atoms with van der Waals surface area (Å²) < 4.78 is 60.5. The van der Waals surface area contributed by atoms with Crippen LogP contribution in [0.4, 0.5) is 0 Å². The van der Waals surface area contributed by atoms with Crippen molar-refractivity contribution in [2.75, 3.05) is 23.0 Å². The molecule has 1 aliphatic rings. The van der Waals surface area contributed by atoms with E-state index in [1.165, 1.54) is 43.2 Å². The summed E-state index contributed by atoms with van der Waals surface area (Å²) in [6, 6.07) is 0. The lowest BCUT2D eigenvalue weighted by Gasteiger charge is -2.21. The SMILES string of the molecule is O=S(=O)(O)CC1CSSC(CS(=O)(=O)O)CSS1. The van der Waals surface area contributed by atoms with Gasteiger partial charge in [0.05, 0.1) is 11.5 Å². The maximum atomic E-state index is 10.8. The summed E-state index contributed by atoms with van der Waals surface area (Å²) in [5.74, 6) is 0.372. The second-order valence-electron chi connectivity index (χ2n) is 3.50. The highest BCUT2D eigenvalue weighted by Crippen LogP contribution is 2.41. The first-order chi connectivity index (χ1) is 8.16. The minimum atomic E-state index is -3.99. The van der Waals surface area contributed by atoms with Crippen LogP contribution in [0.2, 0.25) is 0 Å². The fraction of sp³-hybridized carbons (Fsp3) is 1.00. The Bertz CT molecular complexity index is 405.